The lowest BCUT2D eigenvalue weighted by Gasteiger charge is -2.25. The van der Waals surface area contributed by atoms with E-state index in [4.69, 9.17) is 0 Å². The molecule has 3 atom stereocenters. The highest BCUT2D eigenvalue weighted by Gasteiger charge is 2.26. The van der Waals surface area contributed by atoms with Crippen molar-refractivity contribution in [3.8, 4) is 0 Å². The Labute approximate surface area is 107 Å². The first-order valence-corrected chi connectivity index (χ1v) is 6.41. The smallest absolute Gasteiger partial charge is 0.129 e. The molecule has 4 heteroatoms. The van der Waals surface area contributed by atoms with Crippen molar-refractivity contribution in [2.24, 2.45) is 5.92 Å². The highest BCUT2D eigenvalue weighted by Crippen LogP contribution is 2.25. The number of β-amino-alcohol motifs (C(OH)–C–C–N with tert-alkyl or cyclic N) is 1. The topological polar surface area (TPSA) is 43.7 Å². The molecule has 3 unspecified atom stereocenters. The lowest BCUT2D eigenvalue weighted by Crippen LogP contribution is -2.30. The van der Waals surface area contributed by atoms with Crippen molar-refractivity contribution in [1.29, 1.82) is 0 Å². The zero-order chi connectivity index (χ0) is 13.1. The number of hydrogen-bond donors (Lipinski definition) is 2. The molecule has 1 aliphatic rings. The summed E-state index contributed by atoms with van der Waals surface area (Å²) in [4.78, 5) is 2.11. The number of nitrogens with zero attached hydrogens (tertiary/aromatic N) is 1. The molecule has 1 aromatic rings. The van der Waals surface area contributed by atoms with E-state index in [9.17, 15) is 14.6 Å². The van der Waals surface area contributed by atoms with Crippen LogP contribution in [-0.2, 0) is 0 Å². The van der Waals surface area contributed by atoms with Crippen molar-refractivity contribution < 1.29 is 14.6 Å². The lowest BCUT2D eigenvalue weighted by molar-refractivity contribution is 0.0865. The molecule has 0 saturated carbocycles. The third-order valence-electron chi connectivity index (χ3n) is 3.56. The number of aliphatic hydroxyl groups excluding tert-OH is 2. The third-order valence-corrected chi connectivity index (χ3v) is 3.56. The predicted octanol–water partition coefficient (Wildman–Crippen LogP) is 1.56. The van der Waals surface area contributed by atoms with Crippen molar-refractivity contribution in [3.05, 3.63) is 35.6 Å². The summed E-state index contributed by atoms with van der Waals surface area (Å²) in [5.74, 6) is -0.425. The zero-order valence-corrected chi connectivity index (χ0v) is 10.6. The molecule has 1 aliphatic heterocycles. The largest absolute Gasteiger partial charge is 0.392 e. The van der Waals surface area contributed by atoms with Crippen molar-refractivity contribution in [2.75, 3.05) is 19.6 Å². The molecule has 1 saturated heterocycles. The van der Waals surface area contributed by atoms with E-state index in [1.807, 2.05) is 6.92 Å². The maximum atomic E-state index is 13.6. The van der Waals surface area contributed by atoms with Crippen LogP contribution in [0.4, 0.5) is 4.39 Å². The first kappa shape index (κ1) is 13.5. The highest BCUT2D eigenvalue weighted by molar-refractivity contribution is 5.20. The minimum absolute atomic E-state index is 0.0628. The summed E-state index contributed by atoms with van der Waals surface area (Å²) in [6.45, 7) is 4.07. The zero-order valence-electron chi connectivity index (χ0n) is 10.6. The number of halogens is 1. The van der Waals surface area contributed by atoms with Crippen LogP contribution < -0.4 is 0 Å². The van der Waals surface area contributed by atoms with Crippen LogP contribution in [0, 0.1) is 11.7 Å². The monoisotopic (exact) mass is 253 g/mol. The van der Waals surface area contributed by atoms with Gasteiger partial charge >= 0.3 is 0 Å². The number of likely N-dealkylation sites (tertiary alicyclic amines) is 1. The normalized spacial score (nSPS) is 24.1. The Kier molecular flexibility index (Phi) is 4.32. The van der Waals surface area contributed by atoms with Crippen LogP contribution in [0.5, 0.6) is 0 Å². The Morgan fingerprint density at radius 1 is 1.44 bits per heavy atom. The van der Waals surface area contributed by atoms with Crippen LogP contribution in [0.15, 0.2) is 24.3 Å². The fraction of sp³-hybridized carbons (Fsp3) is 0.571. The summed E-state index contributed by atoms with van der Waals surface area (Å²) < 4.78 is 13.6. The molecular formula is C14H20FNO2. The van der Waals surface area contributed by atoms with Crippen LogP contribution in [0.2, 0.25) is 0 Å². The second kappa shape index (κ2) is 5.78. The molecule has 1 fully saturated rings. The molecule has 0 aliphatic carbocycles. The summed E-state index contributed by atoms with van der Waals surface area (Å²) in [5.41, 5.74) is 0.352. The van der Waals surface area contributed by atoms with Crippen LogP contribution in [0.25, 0.3) is 0 Å². The van der Waals surface area contributed by atoms with E-state index in [1.54, 1.807) is 18.2 Å². The Bertz CT molecular complexity index is 399. The molecule has 1 aromatic carbocycles. The van der Waals surface area contributed by atoms with Crippen LogP contribution in [-0.4, -0.2) is 40.9 Å². The van der Waals surface area contributed by atoms with Crippen molar-refractivity contribution >= 4 is 0 Å². The second-order valence-corrected chi connectivity index (χ2v) is 5.15. The van der Waals surface area contributed by atoms with Gasteiger partial charge in [-0.15, -0.1) is 0 Å². The standard InChI is InChI=1S/C14H20FNO2/c1-10(8-16-7-6-11(17)9-16)14(18)12-4-2-3-5-13(12)15/h2-5,10-11,14,17-18H,6-9H2,1H3. The van der Waals surface area contributed by atoms with Gasteiger partial charge in [0.15, 0.2) is 0 Å². The van der Waals surface area contributed by atoms with Crippen LogP contribution in [0.3, 0.4) is 0 Å². The molecule has 100 valence electrons. The summed E-state index contributed by atoms with van der Waals surface area (Å²) >= 11 is 0. The predicted molar refractivity (Wildman–Crippen MR) is 67.6 cm³/mol. The molecule has 1 heterocycles. The highest BCUT2D eigenvalue weighted by atomic mass is 19.1. The minimum atomic E-state index is -0.802. The van der Waals surface area contributed by atoms with Gasteiger partial charge in [0, 0.05) is 25.2 Å². The average Bonchev–Trinajstić information content (AvgIpc) is 2.74. The van der Waals surface area contributed by atoms with Gasteiger partial charge < -0.3 is 15.1 Å². The summed E-state index contributed by atoms with van der Waals surface area (Å²) in [6.07, 6.45) is -0.283. The van der Waals surface area contributed by atoms with E-state index in [2.05, 4.69) is 4.90 Å². The Morgan fingerprint density at radius 2 is 2.17 bits per heavy atom. The number of aliphatic hydroxyl groups is 2. The van der Waals surface area contributed by atoms with E-state index in [1.165, 1.54) is 6.07 Å². The fourth-order valence-electron chi connectivity index (χ4n) is 2.51. The SMILES string of the molecule is CC(CN1CCC(O)C1)C(O)c1ccccc1F. The summed E-state index contributed by atoms with van der Waals surface area (Å²) in [7, 11) is 0. The van der Waals surface area contributed by atoms with Gasteiger partial charge in [-0.05, 0) is 18.4 Å². The van der Waals surface area contributed by atoms with Gasteiger partial charge in [-0.2, -0.15) is 0 Å². The minimum Gasteiger partial charge on any atom is -0.392 e. The van der Waals surface area contributed by atoms with E-state index in [0.29, 0.717) is 18.7 Å². The maximum absolute atomic E-state index is 13.6. The molecular weight excluding hydrogens is 233 g/mol. The Balaban J connectivity index is 1.96. The Morgan fingerprint density at radius 3 is 2.78 bits per heavy atom. The first-order valence-electron chi connectivity index (χ1n) is 6.41. The van der Waals surface area contributed by atoms with Crippen molar-refractivity contribution in [2.45, 2.75) is 25.6 Å². The van der Waals surface area contributed by atoms with Gasteiger partial charge in [0.05, 0.1) is 12.2 Å². The van der Waals surface area contributed by atoms with Crippen molar-refractivity contribution in [3.63, 3.8) is 0 Å². The lowest BCUT2D eigenvalue weighted by atomic mass is 9.96. The summed E-state index contributed by atoms with van der Waals surface area (Å²) in [6, 6.07) is 6.33. The van der Waals surface area contributed by atoms with Gasteiger partial charge in [-0.1, -0.05) is 25.1 Å². The Hall–Kier alpha value is -0.970. The average molecular weight is 253 g/mol. The van der Waals surface area contributed by atoms with Gasteiger partial charge in [0.25, 0.3) is 0 Å². The fourth-order valence-corrected chi connectivity index (χ4v) is 2.51. The molecule has 2 rings (SSSR count). The first-order chi connectivity index (χ1) is 8.58. The third kappa shape index (κ3) is 3.07. The summed E-state index contributed by atoms with van der Waals surface area (Å²) in [5, 5.41) is 19.6. The van der Waals surface area contributed by atoms with E-state index in [0.717, 1.165) is 13.0 Å². The number of hydrogen-bond acceptors (Lipinski definition) is 3. The van der Waals surface area contributed by atoms with Crippen molar-refractivity contribution in [1.82, 2.24) is 4.90 Å². The van der Waals surface area contributed by atoms with Gasteiger partial charge in [0.1, 0.15) is 5.82 Å². The molecule has 0 amide bonds. The van der Waals surface area contributed by atoms with Crippen LogP contribution >= 0.6 is 0 Å². The quantitative estimate of drug-likeness (QED) is 0.856. The maximum Gasteiger partial charge on any atom is 0.129 e. The molecule has 0 radical (unpaired) electrons. The molecule has 0 bridgehead atoms. The van der Waals surface area contributed by atoms with Gasteiger partial charge in [-0.25, -0.2) is 4.39 Å². The van der Waals surface area contributed by atoms with Gasteiger partial charge in [-0.3, -0.25) is 0 Å². The number of benzene rings is 1. The van der Waals surface area contributed by atoms with E-state index >= 15 is 0 Å². The number of rotatable bonds is 4. The van der Waals surface area contributed by atoms with Gasteiger partial charge in [0.2, 0.25) is 0 Å². The molecule has 18 heavy (non-hydrogen) atoms. The molecule has 2 N–H and O–H groups in total. The molecule has 0 aromatic heterocycles. The second-order valence-electron chi connectivity index (χ2n) is 5.15. The molecule has 3 nitrogen and oxygen atoms in total. The van der Waals surface area contributed by atoms with Crippen LogP contribution in [0.1, 0.15) is 25.0 Å². The molecule has 0 spiro atoms. The van der Waals surface area contributed by atoms with E-state index < -0.39 is 6.10 Å². The van der Waals surface area contributed by atoms with E-state index in [-0.39, 0.29) is 17.8 Å².